The molecule has 4 aromatic rings. The lowest BCUT2D eigenvalue weighted by atomic mass is 9.92. The van der Waals surface area contributed by atoms with Gasteiger partial charge < -0.3 is 15.4 Å². The van der Waals surface area contributed by atoms with Crippen LogP contribution in [-0.2, 0) is 12.8 Å². The van der Waals surface area contributed by atoms with E-state index in [2.05, 4.69) is 31.5 Å². The van der Waals surface area contributed by atoms with E-state index in [1.165, 1.54) is 5.56 Å². The Morgan fingerprint density at radius 2 is 1.91 bits per heavy atom. The van der Waals surface area contributed by atoms with Gasteiger partial charge in [0, 0.05) is 33.6 Å². The van der Waals surface area contributed by atoms with E-state index in [0.29, 0.717) is 11.3 Å². The monoisotopic (exact) mass is 502 g/mol. The van der Waals surface area contributed by atoms with Crippen LogP contribution in [0.2, 0.25) is 0 Å². The summed E-state index contributed by atoms with van der Waals surface area (Å²) in [5.74, 6) is 0.562. The number of methoxy groups -OCH3 is 1. The first kappa shape index (κ1) is 21.4. The molecule has 1 aliphatic carbocycles. The lowest BCUT2D eigenvalue weighted by molar-refractivity contribution is 0.102. The molecule has 1 aliphatic rings. The second-order valence-electron chi connectivity index (χ2n) is 8.02. The lowest BCUT2D eigenvalue weighted by Gasteiger charge is -2.23. The van der Waals surface area contributed by atoms with Gasteiger partial charge in [-0.05, 0) is 83.6 Å². The molecule has 0 spiro atoms. The maximum absolute atomic E-state index is 12.8. The van der Waals surface area contributed by atoms with Crippen molar-refractivity contribution in [2.75, 3.05) is 17.7 Å². The fourth-order valence-electron chi connectivity index (χ4n) is 4.27. The second kappa shape index (κ2) is 9.19. The van der Waals surface area contributed by atoms with Crippen LogP contribution in [-0.4, -0.2) is 23.0 Å². The maximum Gasteiger partial charge on any atom is 0.257 e. The highest BCUT2D eigenvalue weighted by Crippen LogP contribution is 2.38. The Morgan fingerprint density at radius 3 is 2.76 bits per heavy atom. The van der Waals surface area contributed by atoms with Crippen molar-refractivity contribution in [2.45, 2.75) is 25.7 Å². The minimum Gasteiger partial charge on any atom is -0.495 e. The molecule has 0 fully saturated rings. The Hall–Kier alpha value is -3.45. The van der Waals surface area contributed by atoms with E-state index in [-0.39, 0.29) is 5.91 Å². The van der Waals surface area contributed by atoms with Crippen molar-refractivity contribution in [3.63, 3.8) is 0 Å². The van der Waals surface area contributed by atoms with Crippen LogP contribution in [0.1, 0.15) is 34.5 Å². The molecule has 2 aromatic heterocycles. The Morgan fingerprint density at radius 1 is 1.06 bits per heavy atom. The quantitative estimate of drug-likeness (QED) is 0.336. The average Bonchev–Trinajstić information content (AvgIpc) is 2.84. The van der Waals surface area contributed by atoms with Crippen molar-refractivity contribution < 1.29 is 9.53 Å². The smallest absolute Gasteiger partial charge is 0.257 e. The number of fused-ring (bicyclic) bond motifs is 2. The highest BCUT2D eigenvalue weighted by atomic mass is 79.9. The van der Waals surface area contributed by atoms with Crippen LogP contribution in [0, 0.1) is 0 Å². The van der Waals surface area contributed by atoms with Gasteiger partial charge in [0.1, 0.15) is 5.75 Å². The molecule has 5 rings (SSSR count). The topological polar surface area (TPSA) is 76.1 Å². The summed E-state index contributed by atoms with van der Waals surface area (Å²) in [5.41, 5.74) is 6.39. The van der Waals surface area contributed by atoms with Crippen molar-refractivity contribution in [3.8, 4) is 5.75 Å². The first-order valence-electron chi connectivity index (χ1n) is 10.9. The van der Waals surface area contributed by atoms with E-state index in [4.69, 9.17) is 9.72 Å². The Balaban J connectivity index is 1.58. The molecule has 0 radical (unpaired) electrons. The number of aryl methyl sites for hydroxylation is 1. The number of benzene rings is 2. The molecule has 6 nitrogen and oxygen atoms in total. The van der Waals surface area contributed by atoms with Gasteiger partial charge in [-0.2, -0.15) is 0 Å². The lowest BCUT2D eigenvalue weighted by Crippen LogP contribution is -2.13. The third-order valence-electron chi connectivity index (χ3n) is 5.85. The number of hydrogen-bond acceptors (Lipinski definition) is 5. The van der Waals surface area contributed by atoms with Gasteiger partial charge in [-0.3, -0.25) is 14.8 Å². The third kappa shape index (κ3) is 4.41. The zero-order valence-electron chi connectivity index (χ0n) is 18.2. The van der Waals surface area contributed by atoms with Gasteiger partial charge in [-0.25, -0.2) is 0 Å². The molecule has 0 bridgehead atoms. The van der Waals surface area contributed by atoms with Crippen molar-refractivity contribution in [1.29, 1.82) is 0 Å². The number of halogens is 1. The van der Waals surface area contributed by atoms with Gasteiger partial charge in [-0.1, -0.05) is 12.1 Å². The van der Waals surface area contributed by atoms with Crippen LogP contribution in [0.15, 0.2) is 65.4 Å². The van der Waals surface area contributed by atoms with E-state index in [0.717, 1.165) is 63.9 Å². The zero-order valence-corrected chi connectivity index (χ0v) is 19.8. The third-order valence-corrected chi connectivity index (χ3v) is 6.29. The Labute approximate surface area is 200 Å². The van der Waals surface area contributed by atoms with Crippen LogP contribution in [0.5, 0.6) is 5.75 Å². The van der Waals surface area contributed by atoms with Crippen LogP contribution >= 0.6 is 15.9 Å². The normalized spacial score (nSPS) is 12.8. The zero-order chi connectivity index (χ0) is 22.8. The number of nitrogens with zero attached hydrogens (tertiary/aromatic N) is 2. The molecule has 7 heteroatoms. The summed E-state index contributed by atoms with van der Waals surface area (Å²) in [4.78, 5) is 21.8. The predicted octanol–water partition coefficient (Wildman–Crippen LogP) is 6.28. The summed E-state index contributed by atoms with van der Waals surface area (Å²) >= 11 is 3.37. The van der Waals surface area contributed by atoms with Crippen molar-refractivity contribution in [2.24, 2.45) is 0 Å². The predicted molar refractivity (Wildman–Crippen MR) is 135 cm³/mol. The van der Waals surface area contributed by atoms with E-state index >= 15 is 0 Å². The first-order valence-corrected chi connectivity index (χ1v) is 11.7. The summed E-state index contributed by atoms with van der Waals surface area (Å²) in [6, 6.07) is 15.5. The molecule has 0 unspecified atom stereocenters. The molecule has 2 aromatic carbocycles. The van der Waals surface area contributed by atoms with Crippen LogP contribution in [0.3, 0.4) is 0 Å². The second-order valence-corrected chi connectivity index (χ2v) is 8.94. The molecule has 0 atom stereocenters. The van der Waals surface area contributed by atoms with E-state index < -0.39 is 0 Å². The molecule has 2 N–H and O–H groups in total. The molecule has 0 aliphatic heterocycles. The summed E-state index contributed by atoms with van der Waals surface area (Å²) in [5, 5.41) is 7.58. The minimum atomic E-state index is -0.215. The fraction of sp³-hybridized carbons (Fsp3) is 0.192. The van der Waals surface area contributed by atoms with Gasteiger partial charge >= 0.3 is 0 Å². The number of hydrogen-bond donors (Lipinski definition) is 2. The molecular formula is C26H23BrN4O2. The molecule has 2 heterocycles. The van der Waals surface area contributed by atoms with Crippen molar-refractivity contribution >= 4 is 49.8 Å². The first-order chi connectivity index (χ1) is 16.1. The van der Waals surface area contributed by atoms with E-state index in [1.54, 1.807) is 25.6 Å². The summed E-state index contributed by atoms with van der Waals surface area (Å²) < 4.78 is 6.32. The minimum absolute atomic E-state index is 0.215. The van der Waals surface area contributed by atoms with Crippen LogP contribution in [0.4, 0.5) is 17.1 Å². The number of carbonyl (C=O) groups is 1. The molecular weight excluding hydrogens is 480 g/mol. The number of carbonyl (C=O) groups excluding carboxylic acids is 1. The number of anilines is 3. The van der Waals surface area contributed by atoms with E-state index in [9.17, 15) is 4.79 Å². The highest BCUT2D eigenvalue weighted by Gasteiger charge is 2.20. The number of amides is 1. The number of pyridine rings is 2. The Kier molecular flexibility index (Phi) is 5.96. The van der Waals surface area contributed by atoms with Crippen LogP contribution < -0.4 is 15.4 Å². The van der Waals surface area contributed by atoms with Gasteiger partial charge in [0.15, 0.2) is 0 Å². The number of rotatable bonds is 5. The average molecular weight is 503 g/mol. The van der Waals surface area contributed by atoms with Crippen molar-refractivity contribution in [1.82, 2.24) is 9.97 Å². The van der Waals surface area contributed by atoms with Gasteiger partial charge in [0.2, 0.25) is 0 Å². The maximum atomic E-state index is 12.8. The summed E-state index contributed by atoms with van der Waals surface area (Å²) in [7, 11) is 1.67. The number of aromatic nitrogens is 2. The van der Waals surface area contributed by atoms with Gasteiger partial charge in [-0.15, -0.1) is 0 Å². The molecule has 0 saturated heterocycles. The molecule has 33 heavy (non-hydrogen) atoms. The SMILES string of the molecule is COc1ccccc1Nc1c2c(nc3ccc(NC(=O)c4cncc(Br)c4)cc13)CCCC2. The molecule has 166 valence electrons. The fourth-order valence-corrected chi connectivity index (χ4v) is 4.63. The number of ether oxygens (including phenoxy) is 1. The molecule has 0 saturated carbocycles. The highest BCUT2D eigenvalue weighted by molar-refractivity contribution is 9.10. The van der Waals surface area contributed by atoms with Crippen LogP contribution in [0.25, 0.3) is 10.9 Å². The standard InChI is InChI=1S/C26H23BrN4O2/c1-33-24-9-5-4-8-23(24)31-25-19-6-2-3-7-21(19)30-22-11-10-18(13-20(22)25)29-26(32)16-12-17(27)15-28-14-16/h4-5,8-15H,2-3,6-7H2,1H3,(H,29,32)(H,30,31). The van der Waals surface area contributed by atoms with Gasteiger partial charge in [0.05, 0.1) is 29.6 Å². The van der Waals surface area contributed by atoms with E-state index in [1.807, 2.05) is 42.5 Å². The Bertz CT molecular complexity index is 1360. The number of para-hydroxylation sites is 2. The molecule has 1 amide bonds. The van der Waals surface area contributed by atoms with Gasteiger partial charge in [0.25, 0.3) is 5.91 Å². The largest absolute Gasteiger partial charge is 0.495 e. The van der Waals surface area contributed by atoms with Crippen molar-refractivity contribution in [3.05, 3.63) is 82.2 Å². The number of nitrogens with one attached hydrogen (secondary N) is 2. The summed E-state index contributed by atoms with van der Waals surface area (Å²) in [6.07, 6.45) is 7.42. The summed E-state index contributed by atoms with van der Waals surface area (Å²) in [6.45, 7) is 0.